The molecule has 1 atom stereocenters. The summed E-state index contributed by atoms with van der Waals surface area (Å²) in [5.41, 5.74) is 1.87. The van der Waals surface area contributed by atoms with Crippen molar-refractivity contribution >= 4 is 0 Å². The van der Waals surface area contributed by atoms with E-state index in [0.29, 0.717) is 12.8 Å². The first-order valence-corrected chi connectivity index (χ1v) is 4.67. The normalized spacial score (nSPS) is 12.5. The summed E-state index contributed by atoms with van der Waals surface area (Å²) in [6.45, 7) is 5.46. The van der Waals surface area contributed by atoms with E-state index in [-0.39, 0.29) is 5.82 Å². The van der Waals surface area contributed by atoms with Crippen LogP contribution in [0.25, 0.3) is 0 Å². The minimum atomic E-state index is -0.465. The van der Waals surface area contributed by atoms with Gasteiger partial charge in [-0.1, -0.05) is 12.1 Å². The molecular weight excluding hydrogens is 179 g/mol. The Morgan fingerprint density at radius 2 is 2.29 bits per heavy atom. The fraction of sp³-hybridized carbons (Fsp3) is 0.333. The second-order valence-electron chi connectivity index (χ2n) is 3.45. The lowest BCUT2D eigenvalue weighted by Crippen LogP contribution is -2.10. The summed E-state index contributed by atoms with van der Waals surface area (Å²) in [5, 5.41) is 9.52. The highest BCUT2D eigenvalue weighted by Crippen LogP contribution is 2.13. The molecule has 0 saturated heterocycles. The number of aliphatic hydroxyl groups is 1. The molecule has 1 unspecified atom stereocenters. The van der Waals surface area contributed by atoms with Crippen LogP contribution in [0.5, 0.6) is 0 Å². The fourth-order valence-corrected chi connectivity index (χ4v) is 1.39. The largest absolute Gasteiger partial charge is 0.392 e. The molecule has 0 amide bonds. The van der Waals surface area contributed by atoms with Crippen LogP contribution in [0.15, 0.2) is 30.9 Å². The molecule has 0 radical (unpaired) electrons. The Morgan fingerprint density at radius 1 is 1.57 bits per heavy atom. The van der Waals surface area contributed by atoms with Crippen molar-refractivity contribution in [3.63, 3.8) is 0 Å². The van der Waals surface area contributed by atoms with Crippen molar-refractivity contribution in [1.82, 2.24) is 0 Å². The third-order valence-corrected chi connectivity index (χ3v) is 2.21. The Labute approximate surface area is 83.9 Å². The van der Waals surface area contributed by atoms with E-state index in [1.807, 2.05) is 6.92 Å². The molecule has 0 aliphatic heterocycles. The average molecular weight is 194 g/mol. The Kier molecular flexibility index (Phi) is 3.84. The van der Waals surface area contributed by atoms with Gasteiger partial charge >= 0.3 is 0 Å². The fourth-order valence-electron chi connectivity index (χ4n) is 1.39. The summed E-state index contributed by atoms with van der Waals surface area (Å²) in [4.78, 5) is 0. The summed E-state index contributed by atoms with van der Waals surface area (Å²) in [6, 6.07) is 4.63. The van der Waals surface area contributed by atoms with Gasteiger partial charge in [0.15, 0.2) is 0 Å². The SMILES string of the molecule is C=CCC(O)Cc1cc(F)ccc1C. The quantitative estimate of drug-likeness (QED) is 0.730. The third kappa shape index (κ3) is 2.96. The second-order valence-corrected chi connectivity index (χ2v) is 3.45. The molecule has 1 N–H and O–H groups in total. The van der Waals surface area contributed by atoms with Gasteiger partial charge in [-0.15, -0.1) is 6.58 Å². The number of hydrogen-bond acceptors (Lipinski definition) is 1. The highest BCUT2D eigenvalue weighted by Gasteiger charge is 2.06. The maximum Gasteiger partial charge on any atom is 0.123 e. The monoisotopic (exact) mass is 194 g/mol. The molecule has 0 spiro atoms. The number of halogens is 1. The van der Waals surface area contributed by atoms with Crippen molar-refractivity contribution in [2.75, 3.05) is 0 Å². The van der Waals surface area contributed by atoms with Crippen molar-refractivity contribution in [3.8, 4) is 0 Å². The maximum atomic E-state index is 12.9. The topological polar surface area (TPSA) is 20.2 Å². The Morgan fingerprint density at radius 3 is 2.93 bits per heavy atom. The minimum absolute atomic E-state index is 0.253. The summed E-state index contributed by atoms with van der Waals surface area (Å²) in [5.74, 6) is -0.253. The number of hydrogen-bond donors (Lipinski definition) is 1. The van der Waals surface area contributed by atoms with E-state index in [1.165, 1.54) is 12.1 Å². The van der Waals surface area contributed by atoms with Crippen LogP contribution in [-0.2, 0) is 6.42 Å². The van der Waals surface area contributed by atoms with Gasteiger partial charge in [-0.2, -0.15) is 0 Å². The molecule has 1 aromatic carbocycles. The van der Waals surface area contributed by atoms with E-state index in [9.17, 15) is 9.50 Å². The number of rotatable bonds is 4. The van der Waals surface area contributed by atoms with Crippen LogP contribution in [0, 0.1) is 12.7 Å². The molecular formula is C12H15FO. The number of benzene rings is 1. The van der Waals surface area contributed by atoms with Crippen molar-refractivity contribution in [2.24, 2.45) is 0 Å². The van der Waals surface area contributed by atoms with E-state index < -0.39 is 6.10 Å². The first-order valence-electron chi connectivity index (χ1n) is 4.67. The van der Waals surface area contributed by atoms with E-state index >= 15 is 0 Å². The summed E-state index contributed by atoms with van der Waals surface area (Å²) in [6.07, 6.45) is 2.22. The molecule has 0 aliphatic carbocycles. The van der Waals surface area contributed by atoms with E-state index in [2.05, 4.69) is 6.58 Å². The molecule has 0 saturated carbocycles. The first-order chi connectivity index (χ1) is 6.63. The smallest absolute Gasteiger partial charge is 0.123 e. The molecule has 76 valence electrons. The van der Waals surface area contributed by atoms with Crippen LogP contribution in [-0.4, -0.2) is 11.2 Å². The van der Waals surface area contributed by atoms with Gasteiger partial charge < -0.3 is 5.11 Å². The number of aryl methyl sites for hydroxylation is 1. The standard InChI is InChI=1S/C12H15FO/c1-3-4-12(14)8-10-7-11(13)6-5-9(10)2/h3,5-7,12,14H,1,4,8H2,2H3. The van der Waals surface area contributed by atoms with Crippen LogP contribution in [0.4, 0.5) is 4.39 Å². The second kappa shape index (κ2) is 4.91. The van der Waals surface area contributed by atoms with Crippen molar-refractivity contribution in [1.29, 1.82) is 0 Å². The van der Waals surface area contributed by atoms with Gasteiger partial charge in [-0.05, 0) is 43.0 Å². The lowest BCUT2D eigenvalue weighted by Gasteiger charge is -2.10. The Hall–Kier alpha value is -1.15. The van der Waals surface area contributed by atoms with Gasteiger partial charge in [-0.3, -0.25) is 0 Å². The molecule has 0 fully saturated rings. The van der Waals surface area contributed by atoms with Crippen LogP contribution in [0.2, 0.25) is 0 Å². The van der Waals surface area contributed by atoms with E-state index in [0.717, 1.165) is 11.1 Å². The van der Waals surface area contributed by atoms with Crippen molar-refractivity contribution < 1.29 is 9.50 Å². The highest BCUT2D eigenvalue weighted by atomic mass is 19.1. The predicted molar refractivity (Wildman–Crippen MR) is 55.7 cm³/mol. The molecule has 0 bridgehead atoms. The van der Waals surface area contributed by atoms with Crippen molar-refractivity contribution in [3.05, 3.63) is 47.8 Å². The van der Waals surface area contributed by atoms with Crippen LogP contribution < -0.4 is 0 Å². The third-order valence-electron chi connectivity index (χ3n) is 2.21. The molecule has 1 rings (SSSR count). The van der Waals surface area contributed by atoms with Crippen LogP contribution in [0.3, 0.4) is 0 Å². The summed E-state index contributed by atoms with van der Waals surface area (Å²) < 4.78 is 12.9. The van der Waals surface area contributed by atoms with E-state index in [4.69, 9.17) is 0 Å². The zero-order valence-electron chi connectivity index (χ0n) is 8.33. The van der Waals surface area contributed by atoms with Crippen molar-refractivity contribution in [2.45, 2.75) is 25.9 Å². The lowest BCUT2D eigenvalue weighted by molar-refractivity contribution is 0.178. The maximum absolute atomic E-state index is 12.9. The molecule has 0 aliphatic rings. The Bertz CT molecular complexity index is 320. The molecule has 2 heteroatoms. The van der Waals surface area contributed by atoms with Crippen LogP contribution >= 0.6 is 0 Å². The molecule has 0 aromatic heterocycles. The minimum Gasteiger partial charge on any atom is -0.392 e. The number of aliphatic hydroxyl groups excluding tert-OH is 1. The molecule has 0 heterocycles. The molecule has 14 heavy (non-hydrogen) atoms. The zero-order chi connectivity index (χ0) is 10.6. The lowest BCUT2D eigenvalue weighted by atomic mass is 10.0. The van der Waals surface area contributed by atoms with Gasteiger partial charge in [0.05, 0.1) is 6.10 Å². The Balaban J connectivity index is 2.74. The zero-order valence-corrected chi connectivity index (χ0v) is 8.33. The highest BCUT2D eigenvalue weighted by molar-refractivity contribution is 5.27. The first kappa shape index (κ1) is 10.9. The summed E-state index contributed by atoms with van der Waals surface area (Å²) >= 11 is 0. The summed E-state index contributed by atoms with van der Waals surface area (Å²) in [7, 11) is 0. The van der Waals surface area contributed by atoms with Gasteiger partial charge in [0.25, 0.3) is 0 Å². The van der Waals surface area contributed by atoms with Crippen LogP contribution in [0.1, 0.15) is 17.5 Å². The predicted octanol–water partition coefficient (Wildman–Crippen LogP) is 2.61. The average Bonchev–Trinajstić information content (AvgIpc) is 2.12. The molecule has 1 aromatic rings. The molecule has 1 nitrogen and oxygen atoms in total. The van der Waals surface area contributed by atoms with Gasteiger partial charge in [0, 0.05) is 0 Å². The van der Waals surface area contributed by atoms with Gasteiger partial charge in [-0.25, -0.2) is 4.39 Å². The van der Waals surface area contributed by atoms with Gasteiger partial charge in [0.1, 0.15) is 5.82 Å². The van der Waals surface area contributed by atoms with E-state index in [1.54, 1.807) is 12.1 Å². The van der Waals surface area contributed by atoms with Gasteiger partial charge in [0.2, 0.25) is 0 Å².